The second-order valence-corrected chi connectivity index (χ2v) is 7.24. The average molecular weight is 561 g/mol. The van der Waals surface area contributed by atoms with Crippen molar-refractivity contribution >= 4 is 35.8 Å². The van der Waals surface area contributed by atoms with Crippen LogP contribution >= 0.6 is 24.0 Å². The topological polar surface area (TPSA) is 104 Å². The molecule has 0 spiro atoms. The highest BCUT2D eigenvalue weighted by molar-refractivity contribution is 14.0. The van der Waals surface area contributed by atoms with Crippen molar-refractivity contribution in [3.05, 3.63) is 77.2 Å². The number of para-hydroxylation sites is 1. The molecule has 3 rings (SSSR count). The number of aryl methyl sites for hydroxylation is 1. The minimum atomic E-state index is -0.227. The van der Waals surface area contributed by atoms with Crippen molar-refractivity contribution in [3.63, 3.8) is 0 Å². The predicted molar refractivity (Wildman–Crippen MR) is 141 cm³/mol. The molecule has 0 saturated carbocycles. The molecule has 0 amide bonds. The Balaban J connectivity index is 0.00000385. The summed E-state index contributed by atoms with van der Waals surface area (Å²) in [5.41, 5.74) is 9.00. The van der Waals surface area contributed by atoms with E-state index in [1.807, 2.05) is 43.3 Å². The number of aromatic nitrogens is 2. The van der Waals surface area contributed by atoms with Gasteiger partial charge in [-0.05, 0) is 56.0 Å². The van der Waals surface area contributed by atoms with E-state index in [2.05, 4.69) is 26.8 Å². The molecule has 33 heavy (non-hydrogen) atoms. The van der Waals surface area contributed by atoms with E-state index in [4.69, 9.17) is 5.73 Å². The van der Waals surface area contributed by atoms with Crippen molar-refractivity contribution in [2.75, 3.05) is 25.4 Å². The first-order chi connectivity index (χ1) is 15.6. The minimum absolute atomic E-state index is 0. The predicted octanol–water partition coefficient (Wildman–Crippen LogP) is 3.81. The van der Waals surface area contributed by atoms with Crippen LogP contribution in [0.2, 0.25) is 0 Å². The van der Waals surface area contributed by atoms with Crippen LogP contribution in [0.3, 0.4) is 0 Å². The molecule has 174 valence electrons. The molecule has 4 N–H and O–H groups in total. The lowest BCUT2D eigenvalue weighted by atomic mass is 10.1. The van der Waals surface area contributed by atoms with Gasteiger partial charge in [-0.3, -0.25) is 4.99 Å². The Bertz CT molecular complexity index is 1090. The Labute approximate surface area is 210 Å². The summed E-state index contributed by atoms with van der Waals surface area (Å²) in [6.45, 7) is 3.95. The van der Waals surface area contributed by atoms with Crippen LogP contribution in [-0.2, 0) is 12.8 Å². The number of nitrogens with zero attached hydrogens (tertiary/aromatic N) is 4. The number of aliphatic imine (C=N–C) groups is 1. The van der Waals surface area contributed by atoms with Crippen molar-refractivity contribution in [1.82, 2.24) is 20.4 Å². The van der Waals surface area contributed by atoms with Crippen LogP contribution in [0.25, 0.3) is 5.69 Å². The molecule has 0 aliphatic heterocycles. The quantitative estimate of drug-likeness (QED) is 0.160. The zero-order valence-corrected chi connectivity index (χ0v) is 20.9. The van der Waals surface area contributed by atoms with E-state index in [-0.39, 0.29) is 29.8 Å². The van der Waals surface area contributed by atoms with Gasteiger partial charge in [0, 0.05) is 19.6 Å². The number of nitrogens with two attached hydrogens (primary N) is 1. The summed E-state index contributed by atoms with van der Waals surface area (Å²) in [6, 6.07) is 18.3. The number of guanidine groups is 1. The fourth-order valence-electron chi connectivity index (χ4n) is 3.34. The lowest BCUT2D eigenvalue weighted by molar-refractivity contribution is 0.625. The van der Waals surface area contributed by atoms with Gasteiger partial charge in [-0.15, -0.1) is 24.0 Å². The van der Waals surface area contributed by atoms with Crippen molar-refractivity contribution in [2.45, 2.75) is 26.2 Å². The van der Waals surface area contributed by atoms with E-state index < -0.39 is 0 Å². The average Bonchev–Trinajstić information content (AvgIpc) is 3.12. The number of rotatable bonds is 9. The molecule has 0 bridgehead atoms. The Kier molecular flexibility index (Phi) is 10.6. The molecule has 0 aliphatic carbocycles. The zero-order chi connectivity index (χ0) is 22.8. The fourth-order valence-corrected chi connectivity index (χ4v) is 3.34. The molecule has 0 atom stereocenters. The van der Waals surface area contributed by atoms with Gasteiger partial charge in [0.05, 0.1) is 11.4 Å². The molecule has 0 fully saturated rings. The van der Waals surface area contributed by atoms with E-state index in [9.17, 15) is 9.65 Å². The Morgan fingerprint density at radius 1 is 1.15 bits per heavy atom. The number of nitrogens with one attached hydrogen (secondary N) is 2. The molecule has 1 aromatic heterocycles. The molecule has 0 saturated heterocycles. The molecule has 7 nitrogen and oxygen atoms in total. The molecule has 9 heteroatoms. The number of hydrogen-bond acceptors (Lipinski definition) is 4. The third-order valence-corrected chi connectivity index (χ3v) is 4.89. The molecule has 0 unspecified atom stereocenters. The van der Waals surface area contributed by atoms with Gasteiger partial charge in [-0.25, -0.2) is 9.07 Å². The first kappa shape index (κ1) is 26.1. The van der Waals surface area contributed by atoms with Gasteiger partial charge < -0.3 is 16.4 Å². The maximum absolute atomic E-state index is 13.3. The summed E-state index contributed by atoms with van der Waals surface area (Å²) in [5, 5.41) is 20.6. The maximum Gasteiger partial charge on any atom is 0.191 e. The summed E-state index contributed by atoms with van der Waals surface area (Å²) >= 11 is 0. The molecular weight excluding hydrogens is 532 g/mol. The molecule has 1 heterocycles. The second kappa shape index (κ2) is 13.4. The van der Waals surface area contributed by atoms with Crippen LogP contribution < -0.4 is 16.4 Å². The Morgan fingerprint density at radius 2 is 1.94 bits per heavy atom. The van der Waals surface area contributed by atoms with E-state index in [0.29, 0.717) is 49.0 Å². The summed E-state index contributed by atoms with van der Waals surface area (Å²) in [7, 11) is 0. The summed E-state index contributed by atoms with van der Waals surface area (Å²) in [4.78, 5) is 4.59. The lowest BCUT2D eigenvalue weighted by Crippen LogP contribution is -2.38. The highest BCUT2D eigenvalue weighted by Crippen LogP contribution is 2.21. The van der Waals surface area contributed by atoms with Gasteiger partial charge in [0.2, 0.25) is 0 Å². The molecular formula is C24H29FIN7. The van der Waals surface area contributed by atoms with Gasteiger partial charge in [-0.2, -0.15) is 10.4 Å². The second-order valence-electron chi connectivity index (χ2n) is 7.24. The lowest BCUT2D eigenvalue weighted by Gasteiger charge is -2.11. The number of halogens is 2. The first-order valence-corrected chi connectivity index (χ1v) is 10.7. The van der Waals surface area contributed by atoms with Crippen LogP contribution in [0, 0.1) is 17.1 Å². The zero-order valence-electron chi connectivity index (χ0n) is 18.6. The van der Waals surface area contributed by atoms with Crippen molar-refractivity contribution < 1.29 is 4.39 Å². The number of nitrogen functional groups attached to an aromatic ring is 1. The van der Waals surface area contributed by atoms with Crippen molar-refractivity contribution in [3.8, 4) is 11.8 Å². The van der Waals surface area contributed by atoms with Gasteiger partial charge in [0.15, 0.2) is 5.96 Å². The minimum Gasteiger partial charge on any atom is -0.382 e. The van der Waals surface area contributed by atoms with Crippen molar-refractivity contribution in [1.29, 1.82) is 5.26 Å². The van der Waals surface area contributed by atoms with Crippen LogP contribution in [-0.4, -0.2) is 35.4 Å². The number of benzene rings is 2. The number of hydrogen-bond donors (Lipinski definition) is 3. The van der Waals surface area contributed by atoms with Crippen molar-refractivity contribution in [2.24, 2.45) is 4.99 Å². The fraction of sp³-hybridized carbons (Fsp3) is 0.292. The van der Waals surface area contributed by atoms with Gasteiger partial charge in [0.1, 0.15) is 23.3 Å². The van der Waals surface area contributed by atoms with Crippen LogP contribution in [0.4, 0.5) is 10.2 Å². The third-order valence-electron chi connectivity index (χ3n) is 4.89. The number of anilines is 1. The van der Waals surface area contributed by atoms with Crippen LogP contribution in [0.15, 0.2) is 59.6 Å². The normalized spacial score (nSPS) is 10.9. The molecule has 2 aromatic carbocycles. The third kappa shape index (κ3) is 7.46. The van der Waals surface area contributed by atoms with Gasteiger partial charge in [-0.1, -0.05) is 30.3 Å². The van der Waals surface area contributed by atoms with E-state index >= 15 is 0 Å². The SMILES string of the molecule is CCNC(=NCCCc1nn(-c2ccccc2)c(N)c1C#N)NCCc1cccc(F)c1.I. The summed E-state index contributed by atoms with van der Waals surface area (Å²) in [6.07, 6.45) is 2.02. The maximum atomic E-state index is 13.3. The van der Waals surface area contributed by atoms with E-state index in [1.165, 1.54) is 6.07 Å². The van der Waals surface area contributed by atoms with Gasteiger partial charge >= 0.3 is 0 Å². The van der Waals surface area contributed by atoms with Crippen LogP contribution in [0.5, 0.6) is 0 Å². The highest BCUT2D eigenvalue weighted by atomic mass is 127. The molecule has 0 radical (unpaired) electrons. The summed E-state index contributed by atoms with van der Waals surface area (Å²) < 4.78 is 14.9. The molecule has 0 aliphatic rings. The summed E-state index contributed by atoms with van der Waals surface area (Å²) in [5.74, 6) is 0.832. The standard InChI is InChI=1S/C24H28FN7.HI/c1-2-28-24(30-15-13-18-8-6-9-19(25)16-18)29-14-7-12-22-21(17-26)23(27)32(31-22)20-10-4-3-5-11-20;/h3-6,8-11,16H,2,7,12-15,27H2,1H3,(H2,28,29,30);1H. The van der Waals surface area contributed by atoms with Gasteiger partial charge in [0.25, 0.3) is 0 Å². The van der Waals surface area contributed by atoms with E-state index in [1.54, 1.807) is 16.8 Å². The molecule has 3 aromatic rings. The Morgan fingerprint density at radius 3 is 2.64 bits per heavy atom. The van der Waals surface area contributed by atoms with Crippen LogP contribution in [0.1, 0.15) is 30.2 Å². The number of nitriles is 1. The smallest absolute Gasteiger partial charge is 0.191 e. The Hall–Kier alpha value is -3.13. The highest BCUT2D eigenvalue weighted by Gasteiger charge is 2.16. The van der Waals surface area contributed by atoms with E-state index in [0.717, 1.165) is 24.2 Å². The largest absolute Gasteiger partial charge is 0.382 e. The first-order valence-electron chi connectivity index (χ1n) is 10.7. The monoisotopic (exact) mass is 561 g/mol.